The van der Waals surface area contributed by atoms with E-state index >= 15 is 0 Å². The van der Waals surface area contributed by atoms with E-state index in [1.165, 1.54) is 17.8 Å². The van der Waals surface area contributed by atoms with E-state index in [9.17, 15) is 12.8 Å². The zero-order chi connectivity index (χ0) is 14.6. The monoisotopic (exact) mass is 308 g/mol. The fourth-order valence-corrected chi connectivity index (χ4v) is 3.65. The highest BCUT2D eigenvalue weighted by Crippen LogP contribution is 2.19. The highest BCUT2D eigenvalue weighted by Gasteiger charge is 2.25. The van der Waals surface area contributed by atoms with Crippen molar-refractivity contribution in [2.45, 2.75) is 23.1 Å². The summed E-state index contributed by atoms with van der Waals surface area (Å²) in [6.45, 7) is 1.43. The normalized spacial score (nSPS) is 15.2. The number of nitrogens with one attached hydrogen (secondary N) is 1. The van der Waals surface area contributed by atoms with Crippen molar-refractivity contribution in [2.24, 2.45) is 0 Å². The predicted molar refractivity (Wildman–Crippen MR) is 75.0 cm³/mol. The molecule has 4 N–H and O–H groups in total. The van der Waals surface area contributed by atoms with Gasteiger partial charge in [0, 0.05) is 17.0 Å². The maximum atomic E-state index is 13.6. The number of hydrogen-bond donors (Lipinski definition) is 3. The number of thioether (sulfide) groups is 1. The molecule has 0 aliphatic rings. The second kappa shape index (κ2) is 6.56. The molecule has 1 aromatic carbocycles. The van der Waals surface area contributed by atoms with Gasteiger partial charge in [0.2, 0.25) is 10.0 Å². The van der Waals surface area contributed by atoms with Crippen LogP contribution >= 0.6 is 11.8 Å². The summed E-state index contributed by atoms with van der Waals surface area (Å²) in [4.78, 5) is -0.489. The standard InChI is InChI=1S/C11H17FN2O3S2/c1-7(10(6-15)18-2)14-19(16,17)11-5-8(13)3-4-9(11)12/h3-5,7,10,14-15H,6,13H2,1-2H3. The van der Waals surface area contributed by atoms with Gasteiger partial charge in [-0.2, -0.15) is 11.8 Å². The van der Waals surface area contributed by atoms with Gasteiger partial charge < -0.3 is 10.8 Å². The van der Waals surface area contributed by atoms with Gasteiger partial charge in [-0.3, -0.25) is 0 Å². The van der Waals surface area contributed by atoms with Crippen LogP contribution in [0.2, 0.25) is 0 Å². The Hall–Kier alpha value is -0.830. The Morgan fingerprint density at radius 2 is 2.16 bits per heavy atom. The molecule has 0 saturated carbocycles. The van der Waals surface area contributed by atoms with Gasteiger partial charge in [-0.1, -0.05) is 0 Å². The van der Waals surface area contributed by atoms with E-state index in [4.69, 9.17) is 10.8 Å². The molecular weight excluding hydrogens is 291 g/mol. The van der Waals surface area contributed by atoms with E-state index < -0.39 is 26.8 Å². The molecule has 0 saturated heterocycles. The molecule has 0 bridgehead atoms. The zero-order valence-corrected chi connectivity index (χ0v) is 12.3. The lowest BCUT2D eigenvalue weighted by Crippen LogP contribution is -2.41. The van der Waals surface area contributed by atoms with Crippen LogP contribution in [0.5, 0.6) is 0 Å². The Balaban J connectivity index is 3.01. The molecule has 0 aliphatic heterocycles. The Labute approximate surface area is 116 Å². The molecule has 5 nitrogen and oxygen atoms in total. The van der Waals surface area contributed by atoms with E-state index in [0.717, 1.165) is 12.1 Å². The van der Waals surface area contributed by atoms with Gasteiger partial charge in [0.1, 0.15) is 10.7 Å². The van der Waals surface area contributed by atoms with E-state index in [1.54, 1.807) is 13.2 Å². The second-order valence-electron chi connectivity index (χ2n) is 4.06. The number of halogens is 1. The first-order chi connectivity index (χ1) is 8.81. The van der Waals surface area contributed by atoms with Crippen molar-refractivity contribution in [1.82, 2.24) is 4.72 Å². The fourth-order valence-electron chi connectivity index (χ4n) is 1.55. The number of rotatable bonds is 6. The van der Waals surface area contributed by atoms with E-state index in [0.29, 0.717) is 0 Å². The molecule has 2 atom stereocenters. The van der Waals surface area contributed by atoms with Crippen LogP contribution < -0.4 is 10.5 Å². The highest BCUT2D eigenvalue weighted by atomic mass is 32.2. The van der Waals surface area contributed by atoms with Gasteiger partial charge in [-0.05, 0) is 31.4 Å². The molecule has 19 heavy (non-hydrogen) atoms. The average Bonchev–Trinajstić information content (AvgIpc) is 2.33. The number of anilines is 1. The van der Waals surface area contributed by atoms with Crippen molar-refractivity contribution < 1.29 is 17.9 Å². The molecule has 0 fully saturated rings. The van der Waals surface area contributed by atoms with Crippen molar-refractivity contribution in [1.29, 1.82) is 0 Å². The summed E-state index contributed by atoms with van der Waals surface area (Å²) in [6, 6.07) is 2.83. The summed E-state index contributed by atoms with van der Waals surface area (Å²) in [6.07, 6.45) is 1.76. The predicted octanol–water partition coefficient (Wildman–Crippen LogP) is 0.799. The number of nitrogens with two attached hydrogens (primary N) is 1. The van der Waals surface area contributed by atoms with Crippen molar-refractivity contribution >= 4 is 27.5 Å². The molecule has 0 aliphatic carbocycles. The minimum Gasteiger partial charge on any atom is -0.399 e. The van der Waals surface area contributed by atoms with Gasteiger partial charge in [0.15, 0.2) is 0 Å². The van der Waals surface area contributed by atoms with Crippen LogP contribution in [0.15, 0.2) is 23.1 Å². The third-order valence-electron chi connectivity index (χ3n) is 2.63. The Morgan fingerprint density at radius 1 is 1.53 bits per heavy atom. The summed E-state index contributed by atoms with van der Waals surface area (Å²) >= 11 is 1.33. The first kappa shape index (κ1) is 16.2. The lowest BCUT2D eigenvalue weighted by atomic mass is 10.3. The van der Waals surface area contributed by atoms with E-state index in [2.05, 4.69) is 4.72 Å². The van der Waals surface area contributed by atoms with Crippen molar-refractivity contribution in [3.8, 4) is 0 Å². The number of benzene rings is 1. The molecule has 0 amide bonds. The van der Waals surface area contributed by atoms with Gasteiger partial charge in [-0.15, -0.1) is 0 Å². The third-order valence-corrected chi connectivity index (χ3v) is 5.36. The number of sulfonamides is 1. The summed E-state index contributed by atoms with van der Waals surface area (Å²) in [7, 11) is -4.01. The van der Waals surface area contributed by atoms with Gasteiger partial charge in [0.05, 0.1) is 6.61 Å². The molecule has 0 aromatic heterocycles. The molecule has 8 heteroatoms. The summed E-state index contributed by atoms with van der Waals surface area (Å²) in [5, 5.41) is 8.81. The number of hydrogen-bond acceptors (Lipinski definition) is 5. The molecule has 2 unspecified atom stereocenters. The van der Waals surface area contributed by atoms with Crippen LogP contribution in [-0.4, -0.2) is 37.7 Å². The lowest BCUT2D eigenvalue weighted by Gasteiger charge is -2.21. The highest BCUT2D eigenvalue weighted by molar-refractivity contribution is 7.99. The smallest absolute Gasteiger partial charge is 0.243 e. The number of aliphatic hydroxyl groups excluding tert-OH is 1. The Morgan fingerprint density at radius 3 is 2.68 bits per heavy atom. The molecular formula is C11H17FN2O3S2. The summed E-state index contributed by atoms with van der Waals surface area (Å²) in [5.41, 5.74) is 5.63. The van der Waals surface area contributed by atoms with E-state index in [1.807, 2.05) is 0 Å². The molecule has 0 heterocycles. The topological polar surface area (TPSA) is 92.4 Å². The maximum Gasteiger partial charge on any atom is 0.243 e. The molecule has 0 radical (unpaired) electrons. The Bertz CT molecular complexity index is 533. The van der Waals surface area contributed by atoms with Crippen LogP contribution in [0.25, 0.3) is 0 Å². The van der Waals surface area contributed by atoms with Crippen LogP contribution in [0, 0.1) is 5.82 Å². The first-order valence-corrected chi connectivity index (χ1v) is 8.30. The van der Waals surface area contributed by atoms with E-state index in [-0.39, 0.29) is 17.5 Å². The van der Waals surface area contributed by atoms with Gasteiger partial charge in [0.25, 0.3) is 0 Å². The van der Waals surface area contributed by atoms with Crippen LogP contribution in [-0.2, 0) is 10.0 Å². The third kappa shape index (κ3) is 4.07. The van der Waals surface area contributed by atoms with Gasteiger partial charge in [-0.25, -0.2) is 17.5 Å². The molecule has 108 valence electrons. The van der Waals surface area contributed by atoms with Crippen LogP contribution in [0.4, 0.5) is 10.1 Å². The average molecular weight is 308 g/mol. The van der Waals surface area contributed by atoms with Gasteiger partial charge >= 0.3 is 0 Å². The fraction of sp³-hybridized carbons (Fsp3) is 0.455. The summed E-state index contributed by atoms with van der Waals surface area (Å²) < 4.78 is 40.0. The molecule has 1 rings (SSSR count). The second-order valence-corrected chi connectivity index (χ2v) is 6.82. The van der Waals surface area contributed by atoms with Crippen LogP contribution in [0.3, 0.4) is 0 Å². The van der Waals surface area contributed by atoms with Crippen molar-refractivity contribution in [3.05, 3.63) is 24.0 Å². The molecule has 0 spiro atoms. The first-order valence-electron chi connectivity index (χ1n) is 5.53. The number of aliphatic hydroxyl groups is 1. The number of nitrogen functional groups attached to an aromatic ring is 1. The van der Waals surface area contributed by atoms with Crippen molar-refractivity contribution in [3.63, 3.8) is 0 Å². The Kier molecular flexibility index (Phi) is 5.60. The maximum absolute atomic E-state index is 13.6. The minimum atomic E-state index is -4.01. The van der Waals surface area contributed by atoms with Crippen LogP contribution in [0.1, 0.15) is 6.92 Å². The lowest BCUT2D eigenvalue weighted by molar-refractivity contribution is 0.282. The zero-order valence-electron chi connectivity index (χ0n) is 10.6. The summed E-state index contributed by atoms with van der Waals surface area (Å²) in [5.74, 6) is -0.862. The SMILES string of the molecule is CSC(CO)C(C)NS(=O)(=O)c1cc(N)ccc1F. The largest absolute Gasteiger partial charge is 0.399 e. The van der Waals surface area contributed by atoms with Crippen molar-refractivity contribution in [2.75, 3.05) is 18.6 Å². The minimum absolute atomic E-state index is 0.165. The quantitative estimate of drug-likeness (QED) is 0.676. The molecule has 1 aromatic rings.